The monoisotopic (exact) mass is 370 g/mol. The van der Waals surface area contributed by atoms with E-state index in [1.54, 1.807) is 6.07 Å². The maximum atomic E-state index is 13.0. The van der Waals surface area contributed by atoms with Gasteiger partial charge < -0.3 is 14.6 Å². The van der Waals surface area contributed by atoms with Crippen molar-refractivity contribution >= 4 is 34.1 Å². The Morgan fingerprint density at radius 2 is 1.92 bits per heavy atom. The number of amides is 1. The highest BCUT2D eigenvalue weighted by atomic mass is 35.5. The van der Waals surface area contributed by atoms with Gasteiger partial charge in [-0.2, -0.15) is 0 Å². The van der Waals surface area contributed by atoms with E-state index < -0.39 is 0 Å². The lowest BCUT2D eigenvalue weighted by molar-refractivity contribution is 0.101. The molecule has 0 fully saturated rings. The lowest BCUT2D eigenvalue weighted by Gasteiger charge is -2.12. The Bertz CT molecular complexity index is 976. The molecule has 0 aliphatic carbocycles. The van der Waals surface area contributed by atoms with Crippen LogP contribution in [0.3, 0.4) is 0 Å². The van der Waals surface area contributed by atoms with Gasteiger partial charge in [-0.3, -0.25) is 4.79 Å². The summed E-state index contributed by atoms with van der Waals surface area (Å²) in [6.07, 6.45) is 0. The number of aryl methyl sites for hydroxylation is 3. The third-order valence-electron chi connectivity index (χ3n) is 4.57. The Morgan fingerprint density at radius 1 is 1.15 bits per heavy atom. The van der Waals surface area contributed by atoms with Crippen molar-refractivity contribution in [1.82, 2.24) is 4.57 Å². The second-order valence-corrected chi connectivity index (χ2v) is 6.68. The van der Waals surface area contributed by atoms with E-state index in [1.165, 1.54) is 0 Å². The van der Waals surface area contributed by atoms with Crippen LogP contribution in [-0.2, 0) is 6.54 Å². The third-order valence-corrected chi connectivity index (χ3v) is 4.80. The molecule has 5 heteroatoms. The number of fused-ring (bicyclic) bond motifs is 1. The average Bonchev–Trinajstić information content (AvgIpc) is 2.89. The summed E-state index contributed by atoms with van der Waals surface area (Å²) in [5.41, 5.74) is 4.35. The molecular formula is C21H23ClN2O2. The van der Waals surface area contributed by atoms with E-state index in [0.29, 0.717) is 23.9 Å². The van der Waals surface area contributed by atoms with Gasteiger partial charge >= 0.3 is 0 Å². The summed E-state index contributed by atoms with van der Waals surface area (Å²) in [7, 11) is 0. The zero-order chi connectivity index (χ0) is 18.8. The maximum Gasteiger partial charge on any atom is 0.272 e. The van der Waals surface area contributed by atoms with Crippen LogP contribution in [0.5, 0.6) is 5.75 Å². The van der Waals surface area contributed by atoms with Gasteiger partial charge in [-0.05, 0) is 75.2 Å². The van der Waals surface area contributed by atoms with E-state index in [1.807, 2.05) is 62.6 Å². The molecule has 0 aliphatic rings. The Kier molecular flexibility index (Phi) is 5.23. The minimum absolute atomic E-state index is 0.121. The molecule has 0 aliphatic heterocycles. The fourth-order valence-corrected chi connectivity index (χ4v) is 3.55. The smallest absolute Gasteiger partial charge is 0.272 e. The Balaban J connectivity index is 2.05. The van der Waals surface area contributed by atoms with E-state index >= 15 is 0 Å². The number of rotatable bonds is 5. The first-order chi connectivity index (χ1) is 12.5. The van der Waals surface area contributed by atoms with Gasteiger partial charge in [0.15, 0.2) is 0 Å². The molecule has 3 aromatic rings. The molecule has 0 atom stereocenters. The van der Waals surface area contributed by atoms with Crippen LogP contribution in [0.15, 0.2) is 36.4 Å². The summed E-state index contributed by atoms with van der Waals surface area (Å²) in [5.74, 6) is 0.695. The van der Waals surface area contributed by atoms with Gasteiger partial charge in [0.05, 0.1) is 6.61 Å². The van der Waals surface area contributed by atoms with Crippen LogP contribution in [0.2, 0.25) is 5.02 Å². The summed E-state index contributed by atoms with van der Waals surface area (Å²) < 4.78 is 7.66. The molecule has 0 saturated heterocycles. The quantitative estimate of drug-likeness (QED) is 0.636. The Labute approximate surface area is 158 Å². The van der Waals surface area contributed by atoms with E-state index in [2.05, 4.69) is 5.32 Å². The van der Waals surface area contributed by atoms with Crippen LogP contribution in [0.4, 0.5) is 5.69 Å². The van der Waals surface area contributed by atoms with Gasteiger partial charge in [0.2, 0.25) is 0 Å². The SMILES string of the molecule is CCOc1ccc2c(c1)c(C)c(C(=O)Nc1ccc(Cl)cc1C)n2CC. The van der Waals surface area contributed by atoms with Crippen molar-refractivity contribution in [3.8, 4) is 5.75 Å². The first kappa shape index (κ1) is 18.3. The number of carbonyl (C=O) groups is 1. The molecule has 0 unspecified atom stereocenters. The fourth-order valence-electron chi connectivity index (χ4n) is 3.33. The summed E-state index contributed by atoms with van der Waals surface area (Å²) in [5, 5.41) is 4.71. The lowest BCUT2D eigenvalue weighted by atomic mass is 10.1. The maximum absolute atomic E-state index is 13.0. The van der Waals surface area contributed by atoms with E-state index in [0.717, 1.165) is 33.5 Å². The van der Waals surface area contributed by atoms with E-state index in [4.69, 9.17) is 16.3 Å². The molecule has 0 bridgehead atoms. The van der Waals surface area contributed by atoms with Gasteiger partial charge in [-0.1, -0.05) is 11.6 Å². The fraction of sp³-hybridized carbons (Fsp3) is 0.286. The molecular weight excluding hydrogens is 348 g/mol. The topological polar surface area (TPSA) is 43.3 Å². The highest BCUT2D eigenvalue weighted by Crippen LogP contribution is 2.30. The lowest BCUT2D eigenvalue weighted by Crippen LogP contribution is -2.18. The largest absolute Gasteiger partial charge is 0.494 e. The number of anilines is 1. The molecule has 2 aromatic carbocycles. The number of aromatic nitrogens is 1. The molecule has 4 nitrogen and oxygen atoms in total. The summed E-state index contributed by atoms with van der Waals surface area (Å²) in [6.45, 7) is 9.23. The van der Waals surface area contributed by atoms with Crippen LogP contribution in [0.25, 0.3) is 10.9 Å². The number of halogens is 1. The normalized spacial score (nSPS) is 11.0. The predicted octanol–water partition coefficient (Wildman–Crippen LogP) is 5.58. The van der Waals surface area contributed by atoms with Crippen molar-refractivity contribution in [2.75, 3.05) is 11.9 Å². The molecule has 1 N–H and O–H groups in total. The van der Waals surface area contributed by atoms with Gasteiger partial charge in [0, 0.05) is 28.2 Å². The first-order valence-electron chi connectivity index (χ1n) is 8.79. The van der Waals surface area contributed by atoms with Crippen molar-refractivity contribution in [3.05, 3.63) is 58.2 Å². The summed E-state index contributed by atoms with van der Waals surface area (Å²) in [4.78, 5) is 13.0. The van der Waals surface area contributed by atoms with Crippen LogP contribution in [0, 0.1) is 13.8 Å². The number of carbonyl (C=O) groups excluding carboxylic acids is 1. The van der Waals surface area contributed by atoms with Gasteiger partial charge in [-0.25, -0.2) is 0 Å². The first-order valence-corrected chi connectivity index (χ1v) is 9.17. The highest BCUT2D eigenvalue weighted by molar-refractivity contribution is 6.30. The zero-order valence-corrected chi connectivity index (χ0v) is 16.3. The molecule has 3 rings (SSSR count). The van der Waals surface area contributed by atoms with Crippen molar-refractivity contribution in [1.29, 1.82) is 0 Å². The molecule has 1 heterocycles. The minimum atomic E-state index is -0.121. The number of hydrogen-bond donors (Lipinski definition) is 1. The second kappa shape index (κ2) is 7.42. The number of nitrogens with zero attached hydrogens (tertiary/aromatic N) is 1. The Hall–Kier alpha value is -2.46. The molecule has 0 saturated carbocycles. The number of hydrogen-bond acceptors (Lipinski definition) is 2. The number of benzene rings is 2. The summed E-state index contributed by atoms with van der Waals surface area (Å²) in [6, 6.07) is 11.4. The molecule has 0 spiro atoms. The van der Waals surface area contributed by atoms with Gasteiger partial charge in [0.25, 0.3) is 5.91 Å². The van der Waals surface area contributed by atoms with Crippen LogP contribution in [-0.4, -0.2) is 17.1 Å². The standard InChI is InChI=1S/C21H23ClN2O2/c1-5-24-19-10-8-16(26-6-2)12-17(19)14(4)20(24)21(25)23-18-9-7-15(22)11-13(18)3/h7-12H,5-6H2,1-4H3,(H,23,25). The third kappa shape index (κ3) is 3.29. The molecule has 1 amide bonds. The van der Waals surface area contributed by atoms with Crippen LogP contribution >= 0.6 is 11.6 Å². The zero-order valence-electron chi connectivity index (χ0n) is 15.5. The second-order valence-electron chi connectivity index (χ2n) is 6.24. The predicted molar refractivity (Wildman–Crippen MR) is 108 cm³/mol. The van der Waals surface area contributed by atoms with Crippen molar-refractivity contribution in [3.63, 3.8) is 0 Å². The van der Waals surface area contributed by atoms with Crippen molar-refractivity contribution < 1.29 is 9.53 Å². The average molecular weight is 371 g/mol. The molecule has 1 aromatic heterocycles. The molecule has 26 heavy (non-hydrogen) atoms. The van der Waals surface area contributed by atoms with Crippen LogP contribution < -0.4 is 10.1 Å². The minimum Gasteiger partial charge on any atom is -0.494 e. The van der Waals surface area contributed by atoms with E-state index in [9.17, 15) is 4.79 Å². The van der Waals surface area contributed by atoms with E-state index in [-0.39, 0.29) is 5.91 Å². The van der Waals surface area contributed by atoms with Crippen molar-refractivity contribution in [2.45, 2.75) is 34.2 Å². The molecule has 0 radical (unpaired) electrons. The molecule has 136 valence electrons. The number of ether oxygens (including phenoxy) is 1. The number of nitrogens with one attached hydrogen (secondary N) is 1. The van der Waals surface area contributed by atoms with Gasteiger partial charge in [-0.15, -0.1) is 0 Å². The van der Waals surface area contributed by atoms with Gasteiger partial charge in [0.1, 0.15) is 11.4 Å². The summed E-state index contributed by atoms with van der Waals surface area (Å²) >= 11 is 6.01. The van der Waals surface area contributed by atoms with Crippen LogP contribution in [0.1, 0.15) is 35.5 Å². The Morgan fingerprint density at radius 3 is 2.58 bits per heavy atom. The van der Waals surface area contributed by atoms with Crippen molar-refractivity contribution in [2.24, 2.45) is 0 Å². The highest BCUT2D eigenvalue weighted by Gasteiger charge is 2.20.